The average molecular weight is 220 g/mol. The predicted octanol–water partition coefficient (Wildman–Crippen LogP) is 2.31. The number of nitrogens with zero attached hydrogens (tertiary/aromatic N) is 1. The highest BCUT2D eigenvalue weighted by molar-refractivity contribution is 5.97. The molecule has 1 aromatic rings. The molecule has 4 heteroatoms. The van der Waals surface area contributed by atoms with Crippen LogP contribution in [0.15, 0.2) is 23.2 Å². The van der Waals surface area contributed by atoms with Gasteiger partial charge in [0.05, 0.1) is 19.9 Å². The first-order chi connectivity index (χ1) is 7.83. The third kappa shape index (κ3) is 2.27. The second-order valence-electron chi connectivity index (χ2n) is 3.62. The Morgan fingerprint density at radius 2 is 2.12 bits per heavy atom. The van der Waals surface area contributed by atoms with Gasteiger partial charge in [-0.3, -0.25) is 4.99 Å². The number of benzene rings is 1. The molecule has 1 aliphatic heterocycles. The fourth-order valence-electron chi connectivity index (χ4n) is 1.70. The van der Waals surface area contributed by atoms with Gasteiger partial charge in [-0.25, -0.2) is 0 Å². The molecule has 0 spiro atoms. The van der Waals surface area contributed by atoms with Gasteiger partial charge in [0.1, 0.15) is 17.3 Å². The van der Waals surface area contributed by atoms with Crippen molar-refractivity contribution < 1.29 is 9.47 Å². The summed E-state index contributed by atoms with van der Waals surface area (Å²) in [5.74, 6) is 2.59. The van der Waals surface area contributed by atoms with Gasteiger partial charge in [0.25, 0.3) is 0 Å². The van der Waals surface area contributed by atoms with Crippen LogP contribution in [0.5, 0.6) is 11.5 Å². The summed E-state index contributed by atoms with van der Waals surface area (Å²) < 4.78 is 10.4. The standard InChI is InChI=1S/C12H16N2O2/c1-15-9-5-6-10(11(8-9)16-2)14-12-4-3-7-13-12/h5-6,8H,3-4,7H2,1-2H3,(H,13,14). The number of methoxy groups -OCH3 is 2. The van der Waals surface area contributed by atoms with E-state index in [1.807, 2.05) is 18.2 Å². The van der Waals surface area contributed by atoms with Gasteiger partial charge in [-0.1, -0.05) is 0 Å². The lowest BCUT2D eigenvalue weighted by molar-refractivity contribution is 0.395. The first-order valence-electron chi connectivity index (χ1n) is 5.36. The van der Waals surface area contributed by atoms with Crippen molar-refractivity contribution in [1.82, 2.24) is 0 Å². The topological polar surface area (TPSA) is 42.8 Å². The molecule has 1 aliphatic rings. The lowest BCUT2D eigenvalue weighted by Crippen LogP contribution is -2.09. The van der Waals surface area contributed by atoms with E-state index in [0.29, 0.717) is 0 Å². The SMILES string of the molecule is COc1ccc(NC2=NCCC2)c(OC)c1. The van der Waals surface area contributed by atoms with E-state index in [9.17, 15) is 0 Å². The molecule has 16 heavy (non-hydrogen) atoms. The highest BCUT2D eigenvalue weighted by Crippen LogP contribution is 2.29. The number of hydrogen-bond acceptors (Lipinski definition) is 4. The number of amidine groups is 1. The van der Waals surface area contributed by atoms with Crippen molar-refractivity contribution >= 4 is 11.5 Å². The molecule has 4 nitrogen and oxygen atoms in total. The van der Waals surface area contributed by atoms with Crippen LogP contribution in [0.3, 0.4) is 0 Å². The molecule has 1 N–H and O–H groups in total. The first-order valence-corrected chi connectivity index (χ1v) is 5.36. The second-order valence-corrected chi connectivity index (χ2v) is 3.62. The highest BCUT2D eigenvalue weighted by atomic mass is 16.5. The van der Waals surface area contributed by atoms with Crippen molar-refractivity contribution in [3.8, 4) is 11.5 Å². The molecular weight excluding hydrogens is 204 g/mol. The Hall–Kier alpha value is -1.71. The number of anilines is 1. The zero-order chi connectivity index (χ0) is 11.4. The van der Waals surface area contributed by atoms with Crippen LogP contribution in [-0.2, 0) is 0 Å². The van der Waals surface area contributed by atoms with E-state index in [1.165, 1.54) is 0 Å². The second kappa shape index (κ2) is 4.88. The highest BCUT2D eigenvalue weighted by Gasteiger charge is 2.10. The molecule has 0 atom stereocenters. The summed E-state index contributed by atoms with van der Waals surface area (Å²) in [6, 6.07) is 5.71. The summed E-state index contributed by atoms with van der Waals surface area (Å²) in [7, 11) is 3.29. The molecule has 0 aromatic heterocycles. The Morgan fingerprint density at radius 3 is 2.75 bits per heavy atom. The maximum absolute atomic E-state index is 5.30. The van der Waals surface area contributed by atoms with Crippen LogP contribution in [0.1, 0.15) is 12.8 Å². The van der Waals surface area contributed by atoms with Crippen molar-refractivity contribution in [2.24, 2.45) is 4.99 Å². The van der Waals surface area contributed by atoms with Gasteiger partial charge in [0.15, 0.2) is 0 Å². The van der Waals surface area contributed by atoms with Crippen LogP contribution in [0.4, 0.5) is 5.69 Å². The smallest absolute Gasteiger partial charge is 0.146 e. The van der Waals surface area contributed by atoms with Gasteiger partial charge in [-0.05, 0) is 18.6 Å². The Balaban J connectivity index is 2.19. The van der Waals surface area contributed by atoms with E-state index < -0.39 is 0 Å². The number of nitrogens with one attached hydrogen (secondary N) is 1. The molecule has 0 fully saturated rings. The summed E-state index contributed by atoms with van der Waals surface area (Å²) in [4.78, 5) is 4.37. The Kier molecular flexibility index (Phi) is 3.29. The molecule has 2 rings (SSSR count). The molecule has 0 aliphatic carbocycles. The minimum Gasteiger partial charge on any atom is -0.497 e. The average Bonchev–Trinajstić information content (AvgIpc) is 2.82. The van der Waals surface area contributed by atoms with Crippen LogP contribution < -0.4 is 14.8 Å². The predicted molar refractivity (Wildman–Crippen MR) is 64.7 cm³/mol. The van der Waals surface area contributed by atoms with Crippen LogP contribution in [-0.4, -0.2) is 26.6 Å². The molecule has 0 radical (unpaired) electrons. The van der Waals surface area contributed by atoms with Crippen LogP contribution in [0.2, 0.25) is 0 Å². The van der Waals surface area contributed by atoms with Gasteiger partial charge in [0, 0.05) is 19.0 Å². The van der Waals surface area contributed by atoms with Gasteiger partial charge < -0.3 is 14.8 Å². The number of rotatable bonds is 3. The zero-order valence-electron chi connectivity index (χ0n) is 9.62. The lowest BCUT2D eigenvalue weighted by atomic mass is 10.2. The largest absolute Gasteiger partial charge is 0.497 e. The molecule has 1 heterocycles. The fourth-order valence-corrected chi connectivity index (χ4v) is 1.70. The third-order valence-electron chi connectivity index (χ3n) is 2.56. The number of hydrogen-bond donors (Lipinski definition) is 1. The number of aliphatic imine (C=N–C) groups is 1. The van der Waals surface area contributed by atoms with Gasteiger partial charge in [-0.2, -0.15) is 0 Å². The summed E-state index contributed by atoms with van der Waals surface area (Å²) >= 11 is 0. The van der Waals surface area contributed by atoms with Crippen molar-refractivity contribution in [3.63, 3.8) is 0 Å². The van der Waals surface area contributed by atoms with Crippen molar-refractivity contribution in [3.05, 3.63) is 18.2 Å². The van der Waals surface area contributed by atoms with Gasteiger partial charge >= 0.3 is 0 Å². The molecule has 86 valence electrons. The molecular formula is C12H16N2O2. The molecule has 0 bridgehead atoms. The molecule has 1 aromatic carbocycles. The van der Waals surface area contributed by atoms with E-state index in [-0.39, 0.29) is 0 Å². The maximum Gasteiger partial charge on any atom is 0.146 e. The van der Waals surface area contributed by atoms with Crippen LogP contribution in [0, 0.1) is 0 Å². The van der Waals surface area contributed by atoms with Gasteiger partial charge in [-0.15, -0.1) is 0 Å². The summed E-state index contributed by atoms with van der Waals surface area (Å²) in [6.07, 6.45) is 2.13. The first kappa shape index (κ1) is 10.8. The summed E-state index contributed by atoms with van der Waals surface area (Å²) in [6.45, 7) is 0.917. The normalized spacial score (nSPS) is 14.5. The van der Waals surface area contributed by atoms with Crippen molar-refractivity contribution in [2.75, 3.05) is 26.1 Å². The maximum atomic E-state index is 5.30. The van der Waals surface area contributed by atoms with E-state index in [1.54, 1.807) is 14.2 Å². The van der Waals surface area contributed by atoms with E-state index >= 15 is 0 Å². The minimum atomic E-state index is 0.772. The molecule has 0 saturated carbocycles. The fraction of sp³-hybridized carbons (Fsp3) is 0.417. The quantitative estimate of drug-likeness (QED) is 0.850. The van der Waals surface area contributed by atoms with Crippen LogP contribution in [0.25, 0.3) is 0 Å². The molecule has 0 amide bonds. The lowest BCUT2D eigenvalue weighted by Gasteiger charge is -2.12. The van der Waals surface area contributed by atoms with Crippen molar-refractivity contribution in [2.45, 2.75) is 12.8 Å². The Morgan fingerprint density at radius 1 is 1.25 bits per heavy atom. The van der Waals surface area contributed by atoms with E-state index in [0.717, 1.165) is 42.4 Å². The Bertz CT molecular complexity index is 402. The van der Waals surface area contributed by atoms with E-state index in [2.05, 4.69) is 10.3 Å². The number of ether oxygens (including phenoxy) is 2. The molecule has 0 unspecified atom stereocenters. The van der Waals surface area contributed by atoms with E-state index in [4.69, 9.17) is 9.47 Å². The minimum absolute atomic E-state index is 0.772. The molecule has 0 saturated heterocycles. The van der Waals surface area contributed by atoms with Gasteiger partial charge in [0.2, 0.25) is 0 Å². The summed E-state index contributed by atoms with van der Waals surface area (Å²) in [5.41, 5.74) is 0.934. The summed E-state index contributed by atoms with van der Waals surface area (Å²) in [5, 5.41) is 3.28. The van der Waals surface area contributed by atoms with Crippen molar-refractivity contribution in [1.29, 1.82) is 0 Å². The Labute approximate surface area is 95.3 Å². The van der Waals surface area contributed by atoms with Crippen LogP contribution >= 0.6 is 0 Å². The zero-order valence-corrected chi connectivity index (χ0v) is 9.62. The monoisotopic (exact) mass is 220 g/mol. The third-order valence-corrected chi connectivity index (χ3v) is 2.56.